The number of carbonyl (C=O) groups excluding carboxylic acids is 2. The number of rotatable bonds is 6. The molecule has 1 saturated heterocycles. The maximum absolute atomic E-state index is 12.3. The van der Waals surface area contributed by atoms with Gasteiger partial charge in [-0.05, 0) is 44.2 Å². The maximum atomic E-state index is 12.3. The zero-order chi connectivity index (χ0) is 18.5. The number of nitrogens with zero attached hydrogens (tertiary/aromatic N) is 1. The molecule has 7 nitrogen and oxygen atoms in total. The molecule has 1 aromatic rings. The number of carbonyl (C=O) groups is 3. The van der Waals surface area contributed by atoms with Crippen LogP contribution in [-0.4, -0.2) is 47.5 Å². The minimum absolute atomic E-state index is 0.0136. The molecule has 2 N–H and O–H groups in total. The molecular formula is C19H24N2O5. The van der Waals surface area contributed by atoms with E-state index >= 15 is 0 Å². The number of hydrogen-bond acceptors (Lipinski definition) is 4. The van der Waals surface area contributed by atoms with Crippen molar-refractivity contribution in [1.82, 2.24) is 4.90 Å². The van der Waals surface area contributed by atoms with Gasteiger partial charge >= 0.3 is 5.97 Å². The molecule has 2 fully saturated rings. The predicted octanol–water partition coefficient (Wildman–Crippen LogP) is 2.13. The van der Waals surface area contributed by atoms with Crippen LogP contribution in [0.1, 0.15) is 32.1 Å². The number of hydrogen-bond donors (Lipinski definition) is 2. The highest BCUT2D eigenvalue weighted by atomic mass is 16.5. The van der Waals surface area contributed by atoms with Crippen molar-refractivity contribution < 1.29 is 24.2 Å². The van der Waals surface area contributed by atoms with Gasteiger partial charge in [0.05, 0.1) is 5.92 Å². The summed E-state index contributed by atoms with van der Waals surface area (Å²) < 4.78 is 5.56. The van der Waals surface area contributed by atoms with E-state index in [-0.39, 0.29) is 24.3 Å². The topological polar surface area (TPSA) is 95.9 Å². The lowest BCUT2D eigenvalue weighted by atomic mass is 10.0. The van der Waals surface area contributed by atoms with Crippen molar-refractivity contribution in [3.8, 4) is 5.75 Å². The predicted molar refractivity (Wildman–Crippen MR) is 94.8 cm³/mol. The fourth-order valence-electron chi connectivity index (χ4n) is 3.55. The monoisotopic (exact) mass is 360 g/mol. The number of nitrogens with one attached hydrogen (secondary N) is 1. The summed E-state index contributed by atoms with van der Waals surface area (Å²) >= 11 is 0. The number of ether oxygens (including phenoxy) is 1. The Kier molecular flexibility index (Phi) is 5.75. The number of likely N-dealkylation sites (tertiary alicyclic amines) is 1. The van der Waals surface area contributed by atoms with Gasteiger partial charge in [0.1, 0.15) is 5.75 Å². The van der Waals surface area contributed by atoms with E-state index in [2.05, 4.69) is 5.32 Å². The summed E-state index contributed by atoms with van der Waals surface area (Å²) in [5.41, 5.74) is 0.583. The molecular weight excluding hydrogens is 336 g/mol. The molecule has 1 aliphatic heterocycles. The molecule has 1 heterocycles. The molecule has 1 aliphatic carbocycles. The van der Waals surface area contributed by atoms with E-state index in [1.807, 2.05) is 0 Å². The lowest BCUT2D eigenvalue weighted by Crippen LogP contribution is -2.32. The smallest absolute Gasteiger partial charge is 0.306 e. The second-order valence-corrected chi connectivity index (χ2v) is 6.94. The van der Waals surface area contributed by atoms with Crippen molar-refractivity contribution in [2.45, 2.75) is 32.1 Å². The highest BCUT2D eigenvalue weighted by Crippen LogP contribution is 2.32. The summed E-state index contributed by atoms with van der Waals surface area (Å²) in [6, 6.07) is 6.92. The Balaban J connectivity index is 1.51. The molecule has 7 heteroatoms. The van der Waals surface area contributed by atoms with Crippen molar-refractivity contribution in [2.75, 3.05) is 25.0 Å². The first-order valence-electron chi connectivity index (χ1n) is 9.07. The summed E-state index contributed by atoms with van der Waals surface area (Å²) in [5, 5.41) is 11.9. The first-order valence-corrected chi connectivity index (χ1v) is 9.07. The van der Waals surface area contributed by atoms with Crippen molar-refractivity contribution >= 4 is 23.5 Å². The average Bonchev–Trinajstić information content (AvgIpc) is 3.31. The molecule has 0 unspecified atom stereocenters. The van der Waals surface area contributed by atoms with Crippen LogP contribution in [0.3, 0.4) is 0 Å². The SMILES string of the molecule is O=C(O)[C@@H]1CC[C@H](C(=O)Nc2cccc(OCC(=O)N3CCCC3)c2)C1. The molecule has 2 aliphatic rings. The number of carboxylic acids is 1. The Morgan fingerprint density at radius 2 is 1.88 bits per heavy atom. The van der Waals surface area contributed by atoms with Crippen LogP contribution in [0.15, 0.2) is 24.3 Å². The second-order valence-electron chi connectivity index (χ2n) is 6.94. The molecule has 1 saturated carbocycles. The van der Waals surface area contributed by atoms with Gasteiger partial charge in [-0.1, -0.05) is 6.07 Å². The summed E-state index contributed by atoms with van der Waals surface area (Å²) in [6.45, 7) is 1.56. The van der Waals surface area contributed by atoms with Crippen LogP contribution < -0.4 is 10.1 Å². The van der Waals surface area contributed by atoms with Gasteiger partial charge in [0, 0.05) is 30.8 Å². The minimum atomic E-state index is -0.835. The highest BCUT2D eigenvalue weighted by Gasteiger charge is 2.33. The standard InChI is InChI=1S/C19H24N2O5/c22-17(21-8-1-2-9-21)12-26-16-5-3-4-15(11-16)20-18(23)13-6-7-14(10-13)19(24)25/h3-5,11,13-14H,1-2,6-10,12H2,(H,20,23)(H,24,25)/t13-,14+/m0/s1. The molecule has 26 heavy (non-hydrogen) atoms. The van der Waals surface area contributed by atoms with Crippen LogP contribution in [0.2, 0.25) is 0 Å². The summed E-state index contributed by atoms with van der Waals surface area (Å²) in [4.78, 5) is 37.2. The van der Waals surface area contributed by atoms with E-state index in [9.17, 15) is 14.4 Å². The van der Waals surface area contributed by atoms with E-state index < -0.39 is 11.9 Å². The van der Waals surface area contributed by atoms with Gasteiger partial charge in [-0.15, -0.1) is 0 Å². The lowest BCUT2D eigenvalue weighted by Gasteiger charge is -2.16. The van der Waals surface area contributed by atoms with Gasteiger partial charge in [-0.25, -0.2) is 0 Å². The Morgan fingerprint density at radius 3 is 2.58 bits per heavy atom. The van der Waals surface area contributed by atoms with Crippen LogP contribution in [0, 0.1) is 11.8 Å². The van der Waals surface area contributed by atoms with Crippen LogP contribution in [0.5, 0.6) is 5.75 Å². The van der Waals surface area contributed by atoms with E-state index in [1.165, 1.54) is 0 Å². The first-order chi connectivity index (χ1) is 12.5. The number of anilines is 1. The summed E-state index contributed by atoms with van der Waals surface area (Å²) in [7, 11) is 0. The molecule has 140 valence electrons. The van der Waals surface area contributed by atoms with Crippen LogP contribution in [0.25, 0.3) is 0 Å². The maximum Gasteiger partial charge on any atom is 0.306 e. The fourth-order valence-corrected chi connectivity index (χ4v) is 3.55. The molecule has 0 aromatic heterocycles. The van der Waals surface area contributed by atoms with Crippen LogP contribution in [0.4, 0.5) is 5.69 Å². The number of aliphatic carboxylic acids is 1. The summed E-state index contributed by atoms with van der Waals surface area (Å²) in [5.74, 6) is -1.22. The third kappa shape index (κ3) is 4.53. The van der Waals surface area contributed by atoms with Crippen LogP contribution in [-0.2, 0) is 14.4 Å². The fraction of sp³-hybridized carbons (Fsp3) is 0.526. The van der Waals surface area contributed by atoms with Gasteiger partial charge in [0.25, 0.3) is 5.91 Å². The van der Waals surface area contributed by atoms with Crippen molar-refractivity contribution in [3.05, 3.63) is 24.3 Å². The van der Waals surface area contributed by atoms with Crippen molar-refractivity contribution in [1.29, 1.82) is 0 Å². The largest absolute Gasteiger partial charge is 0.484 e. The molecule has 3 rings (SSSR count). The molecule has 0 bridgehead atoms. The van der Waals surface area contributed by atoms with Gasteiger partial charge in [-0.2, -0.15) is 0 Å². The van der Waals surface area contributed by atoms with E-state index in [1.54, 1.807) is 29.2 Å². The lowest BCUT2D eigenvalue weighted by molar-refractivity contribution is -0.141. The van der Waals surface area contributed by atoms with Gasteiger partial charge in [0.2, 0.25) is 5.91 Å². The first kappa shape index (κ1) is 18.2. The zero-order valence-electron chi connectivity index (χ0n) is 14.6. The number of carboxylic acid groups (broad SMARTS) is 1. The Bertz CT molecular complexity index is 684. The Labute approximate surface area is 152 Å². The molecule has 0 spiro atoms. The Hall–Kier alpha value is -2.57. The highest BCUT2D eigenvalue weighted by molar-refractivity contribution is 5.93. The molecule has 2 amide bonds. The number of amides is 2. The van der Waals surface area contributed by atoms with E-state index in [0.29, 0.717) is 30.7 Å². The normalized spacial score (nSPS) is 22.2. The minimum Gasteiger partial charge on any atom is -0.484 e. The van der Waals surface area contributed by atoms with Crippen LogP contribution >= 0.6 is 0 Å². The van der Waals surface area contributed by atoms with E-state index in [4.69, 9.17) is 9.84 Å². The average molecular weight is 360 g/mol. The van der Waals surface area contributed by atoms with Crippen molar-refractivity contribution in [2.24, 2.45) is 11.8 Å². The molecule has 1 aromatic carbocycles. The summed E-state index contributed by atoms with van der Waals surface area (Å²) in [6.07, 6.45) is 3.58. The molecule has 2 atom stereocenters. The third-order valence-electron chi connectivity index (χ3n) is 5.08. The second kappa shape index (κ2) is 8.21. The molecule has 0 radical (unpaired) electrons. The number of benzene rings is 1. The van der Waals surface area contributed by atoms with Crippen molar-refractivity contribution in [3.63, 3.8) is 0 Å². The quantitative estimate of drug-likeness (QED) is 0.810. The Morgan fingerprint density at radius 1 is 1.15 bits per heavy atom. The third-order valence-corrected chi connectivity index (χ3v) is 5.08. The van der Waals surface area contributed by atoms with E-state index in [0.717, 1.165) is 25.9 Å². The van der Waals surface area contributed by atoms with Gasteiger partial charge < -0.3 is 20.1 Å². The zero-order valence-corrected chi connectivity index (χ0v) is 14.6. The van der Waals surface area contributed by atoms with Gasteiger partial charge in [-0.3, -0.25) is 14.4 Å². The van der Waals surface area contributed by atoms with Gasteiger partial charge in [0.15, 0.2) is 6.61 Å².